The third kappa shape index (κ3) is 3.57. The van der Waals surface area contributed by atoms with Crippen LogP contribution in [0, 0.1) is 17.7 Å². The van der Waals surface area contributed by atoms with Crippen LogP contribution in [0.25, 0.3) is 0 Å². The zero-order chi connectivity index (χ0) is 18.2. The Morgan fingerprint density at radius 1 is 0.963 bits per heavy atom. The zero-order valence-electron chi connectivity index (χ0n) is 16.2. The van der Waals surface area contributed by atoms with Gasteiger partial charge < -0.3 is 0 Å². The van der Waals surface area contributed by atoms with E-state index in [9.17, 15) is 4.39 Å². The monoisotopic (exact) mass is 363 g/mol. The lowest BCUT2D eigenvalue weighted by molar-refractivity contribution is 0.156. The lowest BCUT2D eigenvalue weighted by Gasteiger charge is -2.35. The Morgan fingerprint density at radius 2 is 1.78 bits per heavy atom. The lowest BCUT2D eigenvalue weighted by atomic mass is 9.76. The van der Waals surface area contributed by atoms with Gasteiger partial charge >= 0.3 is 0 Å². The minimum Gasteiger partial charge on any atom is -0.299 e. The van der Waals surface area contributed by atoms with E-state index in [1.165, 1.54) is 51.0 Å². The average Bonchev–Trinajstić information content (AvgIpc) is 3.03. The van der Waals surface area contributed by atoms with Crippen molar-refractivity contribution >= 4 is 0 Å². The molecule has 2 aliphatic carbocycles. The number of likely N-dealkylation sites (tertiary alicyclic amines) is 1. The molecule has 2 heteroatoms. The normalized spacial score (nSPS) is 25.5. The maximum atomic E-state index is 13.4. The van der Waals surface area contributed by atoms with Crippen molar-refractivity contribution < 1.29 is 4.39 Å². The molecular formula is C25H30FN. The van der Waals surface area contributed by atoms with Crippen LogP contribution >= 0.6 is 0 Å². The fraction of sp³-hybridized carbons (Fsp3) is 0.520. The summed E-state index contributed by atoms with van der Waals surface area (Å²) in [6.07, 6.45) is 9.43. The molecule has 1 aliphatic heterocycles. The van der Waals surface area contributed by atoms with Crippen LogP contribution in [0.4, 0.5) is 4.39 Å². The summed E-state index contributed by atoms with van der Waals surface area (Å²) in [5, 5.41) is 0. The molecule has 3 aliphatic rings. The number of aryl methyl sites for hydroxylation is 1. The van der Waals surface area contributed by atoms with Gasteiger partial charge in [0.2, 0.25) is 0 Å². The summed E-state index contributed by atoms with van der Waals surface area (Å²) < 4.78 is 13.4. The van der Waals surface area contributed by atoms with Crippen LogP contribution in [-0.4, -0.2) is 18.0 Å². The smallest absolute Gasteiger partial charge is 0.123 e. The quantitative estimate of drug-likeness (QED) is 0.671. The summed E-state index contributed by atoms with van der Waals surface area (Å²) in [5.41, 5.74) is 6.16. The van der Waals surface area contributed by atoms with Gasteiger partial charge in [0.25, 0.3) is 0 Å². The summed E-state index contributed by atoms with van der Waals surface area (Å²) in [7, 11) is 0. The third-order valence-electron chi connectivity index (χ3n) is 7.31. The molecule has 2 aromatic rings. The summed E-state index contributed by atoms with van der Waals surface area (Å²) in [4.78, 5) is 2.51. The van der Waals surface area contributed by atoms with Gasteiger partial charge in [0, 0.05) is 6.54 Å². The number of hydrogen-bond acceptors (Lipinski definition) is 1. The largest absolute Gasteiger partial charge is 0.299 e. The first-order chi connectivity index (χ1) is 13.3. The molecule has 27 heavy (non-hydrogen) atoms. The molecule has 1 nitrogen and oxygen atoms in total. The first-order valence-electron chi connectivity index (χ1n) is 10.8. The Kier molecular flexibility index (Phi) is 4.77. The molecule has 142 valence electrons. The maximum absolute atomic E-state index is 13.4. The first kappa shape index (κ1) is 17.4. The van der Waals surface area contributed by atoms with E-state index < -0.39 is 0 Å². The Morgan fingerprint density at radius 3 is 2.63 bits per heavy atom. The standard InChI is InChI=1S/C25H30FN/c26-23-8-1-4-19(15-23)17-27-12-10-18(11-13-27)14-22-16-21-7-2-5-20-6-3-9-24(22)25(20)21/h1-2,4-5,7-8,15,18,22,24H,3,6,9-14,16-17H2. The fourth-order valence-corrected chi connectivity index (χ4v) is 6.04. The summed E-state index contributed by atoms with van der Waals surface area (Å²) >= 11 is 0. The van der Waals surface area contributed by atoms with E-state index in [1.807, 2.05) is 12.1 Å². The second-order valence-electron chi connectivity index (χ2n) is 9.04. The molecule has 2 aromatic carbocycles. The van der Waals surface area contributed by atoms with E-state index in [2.05, 4.69) is 23.1 Å². The molecule has 0 saturated carbocycles. The highest BCUT2D eigenvalue weighted by Gasteiger charge is 2.37. The molecule has 0 aromatic heterocycles. The van der Waals surface area contributed by atoms with Crippen LogP contribution < -0.4 is 0 Å². The second kappa shape index (κ2) is 7.39. The topological polar surface area (TPSA) is 3.24 Å². The molecule has 1 fully saturated rings. The van der Waals surface area contributed by atoms with E-state index in [0.29, 0.717) is 0 Å². The summed E-state index contributed by atoms with van der Waals surface area (Å²) in [6.45, 7) is 3.22. The minimum atomic E-state index is -0.116. The number of benzene rings is 2. The van der Waals surface area contributed by atoms with Gasteiger partial charge in [-0.25, -0.2) is 4.39 Å². The SMILES string of the molecule is Fc1cccc(CN2CCC(CC3Cc4cccc5c4C3CCC5)CC2)c1. The van der Waals surface area contributed by atoms with Gasteiger partial charge in [0.15, 0.2) is 0 Å². The van der Waals surface area contributed by atoms with Crippen molar-refractivity contribution in [3.8, 4) is 0 Å². The first-order valence-corrected chi connectivity index (χ1v) is 10.8. The van der Waals surface area contributed by atoms with Gasteiger partial charge in [-0.1, -0.05) is 30.3 Å². The van der Waals surface area contributed by atoms with Gasteiger partial charge in [0.05, 0.1) is 0 Å². The van der Waals surface area contributed by atoms with Crippen molar-refractivity contribution in [2.45, 2.75) is 57.4 Å². The number of rotatable bonds is 4. The van der Waals surface area contributed by atoms with Gasteiger partial charge in [-0.15, -0.1) is 0 Å². The van der Waals surface area contributed by atoms with E-state index in [0.717, 1.165) is 43.0 Å². The Bertz CT molecular complexity index is 806. The van der Waals surface area contributed by atoms with Crippen molar-refractivity contribution in [3.63, 3.8) is 0 Å². The highest BCUT2D eigenvalue weighted by atomic mass is 19.1. The number of piperidine rings is 1. The van der Waals surface area contributed by atoms with Crippen LogP contribution in [0.1, 0.15) is 60.3 Å². The van der Waals surface area contributed by atoms with Crippen LogP contribution in [-0.2, 0) is 19.4 Å². The molecule has 0 N–H and O–H groups in total. The second-order valence-corrected chi connectivity index (χ2v) is 9.04. The van der Waals surface area contributed by atoms with Gasteiger partial charge in [-0.3, -0.25) is 4.90 Å². The van der Waals surface area contributed by atoms with Gasteiger partial charge in [-0.05, 0) is 110 Å². The predicted molar refractivity (Wildman–Crippen MR) is 108 cm³/mol. The van der Waals surface area contributed by atoms with Crippen molar-refractivity contribution in [3.05, 3.63) is 70.5 Å². The Labute approximate surface area is 162 Å². The molecule has 1 saturated heterocycles. The maximum Gasteiger partial charge on any atom is 0.123 e. The van der Waals surface area contributed by atoms with Crippen molar-refractivity contribution in [2.75, 3.05) is 13.1 Å². The molecule has 0 radical (unpaired) electrons. The molecule has 5 rings (SSSR count). The van der Waals surface area contributed by atoms with Crippen LogP contribution in [0.5, 0.6) is 0 Å². The van der Waals surface area contributed by atoms with Gasteiger partial charge in [0.1, 0.15) is 5.82 Å². The summed E-state index contributed by atoms with van der Waals surface area (Å²) in [6, 6.07) is 14.1. The van der Waals surface area contributed by atoms with Gasteiger partial charge in [-0.2, -0.15) is 0 Å². The van der Waals surface area contributed by atoms with E-state index in [1.54, 1.807) is 22.8 Å². The van der Waals surface area contributed by atoms with E-state index >= 15 is 0 Å². The predicted octanol–water partition coefficient (Wildman–Crippen LogP) is 5.72. The zero-order valence-corrected chi connectivity index (χ0v) is 16.2. The number of nitrogens with zero attached hydrogens (tertiary/aromatic N) is 1. The van der Waals surface area contributed by atoms with Crippen molar-refractivity contribution in [1.29, 1.82) is 0 Å². The molecular weight excluding hydrogens is 333 g/mol. The molecule has 0 spiro atoms. The average molecular weight is 364 g/mol. The molecule has 1 heterocycles. The highest BCUT2D eigenvalue weighted by Crippen LogP contribution is 2.48. The Balaban J connectivity index is 1.18. The minimum absolute atomic E-state index is 0.116. The van der Waals surface area contributed by atoms with E-state index in [4.69, 9.17) is 0 Å². The fourth-order valence-electron chi connectivity index (χ4n) is 6.04. The number of halogens is 1. The molecule has 0 amide bonds. The molecule has 0 bridgehead atoms. The van der Waals surface area contributed by atoms with Crippen LogP contribution in [0.2, 0.25) is 0 Å². The lowest BCUT2D eigenvalue weighted by Crippen LogP contribution is -2.34. The van der Waals surface area contributed by atoms with Crippen molar-refractivity contribution in [2.24, 2.45) is 11.8 Å². The molecule has 2 unspecified atom stereocenters. The van der Waals surface area contributed by atoms with Crippen molar-refractivity contribution in [1.82, 2.24) is 4.90 Å². The highest BCUT2D eigenvalue weighted by molar-refractivity contribution is 5.44. The van der Waals surface area contributed by atoms with Crippen LogP contribution in [0.3, 0.4) is 0 Å². The number of hydrogen-bond donors (Lipinski definition) is 0. The Hall–Kier alpha value is -1.67. The van der Waals surface area contributed by atoms with Crippen LogP contribution in [0.15, 0.2) is 42.5 Å². The van der Waals surface area contributed by atoms with E-state index in [-0.39, 0.29) is 5.82 Å². The third-order valence-corrected chi connectivity index (χ3v) is 7.31. The summed E-state index contributed by atoms with van der Waals surface area (Å²) in [5.74, 6) is 2.48. The molecule has 2 atom stereocenters.